The summed E-state index contributed by atoms with van der Waals surface area (Å²) < 4.78 is 17.5. The third kappa shape index (κ3) is 3.47. The maximum absolute atomic E-state index is 12.9. The summed E-state index contributed by atoms with van der Waals surface area (Å²) in [4.78, 5) is 37.9. The number of carbonyl (C=O) groups is 3. The maximum Gasteiger partial charge on any atom is 0.305 e. The molecule has 0 saturated heterocycles. The second-order valence-corrected chi connectivity index (χ2v) is 12.8. The van der Waals surface area contributed by atoms with Crippen LogP contribution in [0.25, 0.3) is 0 Å². The maximum atomic E-state index is 12.9. The van der Waals surface area contributed by atoms with Crippen molar-refractivity contribution in [3.05, 3.63) is 0 Å². The van der Waals surface area contributed by atoms with E-state index in [9.17, 15) is 39.9 Å². The molecular weight excluding hydrogens is 500 g/mol. The zero-order valence-electron chi connectivity index (χ0n) is 23.1. The second-order valence-electron chi connectivity index (χ2n) is 12.8. The standard InChI is InChI=1S/C27H42O11/c1-8-18(31)38-20-21(37-13(3)29)27(35)16(11-17(30)23(27,4)5)25(7,34)15-10-9-14-19(36-12(2)28)26(15,20)22(32)24(14,6)33/h14-17,19-22,30,32-35H,8-11H2,1-7H3/t14-,15+,16+,17+,19-,20-,21-,22+,24+,25-,26+,27+/m1/s1. The van der Waals surface area contributed by atoms with Crippen LogP contribution in [0.1, 0.15) is 74.1 Å². The average molecular weight is 543 g/mol. The molecule has 0 aromatic carbocycles. The van der Waals surface area contributed by atoms with Crippen LogP contribution in [-0.4, -0.2) is 90.8 Å². The topological polar surface area (TPSA) is 180 Å². The van der Waals surface area contributed by atoms with Crippen LogP contribution in [0.3, 0.4) is 0 Å². The zero-order valence-corrected chi connectivity index (χ0v) is 23.1. The van der Waals surface area contributed by atoms with E-state index in [1.54, 1.807) is 20.8 Å². The van der Waals surface area contributed by atoms with Crippen molar-refractivity contribution in [2.24, 2.45) is 28.6 Å². The Morgan fingerprint density at radius 2 is 1.34 bits per heavy atom. The van der Waals surface area contributed by atoms with Crippen LogP contribution >= 0.6 is 0 Å². The lowest BCUT2D eigenvalue weighted by Gasteiger charge is -2.54. The summed E-state index contributed by atoms with van der Waals surface area (Å²) in [5, 5.41) is 59.7. The quantitative estimate of drug-likeness (QED) is 0.242. The van der Waals surface area contributed by atoms with Gasteiger partial charge in [-0.15, -0.1) is 0 Å². The van der Waals surface area contributed by atoms with E-state index in [2.05, 4.69) is 0 Å². The van der Waals surface area contributed by atoms with Gasteiger partial charge in [0.1, 0.15) is 11.7 Å². The summed E-state index contributed by atoms with van der Waals surface area (Å²) in [7, 11) is 0. The lowest BCUT2D eigenvalue weighted by atomic mass is 9.56. The van der Waals surface area contributed by atoms with Gasteiger partial charge in [-0.05, 0) is 33.1 Å². The van der Waals surface area contributed by atoms with Crippen LogP contribution in [0, 0.1) is 28.6 Å². The van der Waals surface area contributed by atoms with Crippen LogP contribution in [0.4, 0.5) is 0 Å². The first-order valence-electron chi connectivity index (χ1n) is 13.4. The number of esters is 3. The van der Waals surface area contributed by atoms with E-state index in [-0.39, 0.29) is 25.7 Å². The molecule has 0 aromatic rings. The number of hydrogen-bond acceptors (Lipinski definition) is 11. The lowest BCUT2D eigenvalue weighted by Crippen LogP contribution is -2.68. The number of rotatable bonds is 4. The second kappa shape index (κ2) is 8.86. The fourth-order valence-electron chi connectivity index (χ4n) is 8.74. The van der Waals surface area contributed by atoms with Crippen LogP contribution in [0.5, 0.6) is 0 Å². The van der Waals surface area contributed by atoms with Crippen molar-refractivity contribution in [3.63, 3.8) is 0 Å². The number of ether oxygens (including phenoxy) is 3. The molecule has 2 bridgehead atoms. The summed E-state index contributed by atoms with van der Waals surface area (Å²) in [5.74, 6) is -5.22. The molecule has 0 radical (unpaired) electrons. The third-order valence-electron chi connectivity index (χ3n) is 10.6. The molecule has 4 saturated carbocycles. The predicted molar refractivity (Wildman–Crippen MR) is 130 cm³/mol. The average Bonchev–Trinajstić information content (AvgIpc) is 3.02. The van der Waals surface area contributed by atoms with Gasteiger partial charge in [-0.1, -0.05) is 20.8 Å². The molecule has 0 heterocycles. The minimum absolute atomic E-state index is 0.0799. The smallest absolute Gasteiger partial charge is 0.305 e. The van der Waals surface area contributed by atoms with Gasteiger partial charge >= 0.3 is 17.9 Å². The van der Waals surface area contributed by atoms with Gasteiger partial charge in [0, 0.05) is 43.4 Å². The van der Waals surface area contributed by atoms with Crippen molar-refractivity contribution in [1.29, 1.82) is 0 Å². The van der Waals surface area contributed by atoms with Gasteiger partial charge in [0.25, 0.3) is 0 Å². The summed E-state index contributed by atoms with van der Waals surface area (Å²) in [5.41, 5.74) is -9.12. The number of hydrogen-bond donors (Lipinski definition) is 5. The van der Waals surface area contributed by atoms with Gasteiger partial charge in [0.2, 0.25) is 0 Å². The van der Waals surface area contributed by atoms with Gasteiger partial charge in [-0.2, -0.15) is 0 Å². The summed E-state index contributed by atoms with van der Waals surface area (Å²) in [6.07, 6.45) is -7.17. The van der Waals surface area contributed by atoms with E-state index in [4.69, 9.17) is 14.2 Å². The molecule has 0 unspecified atom stereocenters. The Morgan fingerprint density at radius 3 is 1.87 bits per heavy atom. The Labute approximate surface area is 222 Å². The monoisotopic (exact) mass is 542 g/mol. The Bertz CT molecular complexity index is 1000. The van der Waals surface area contributed by atoms with Crippen molar-refractivity contribution >= 4 is 17.9 Å². The van der Waals surface area contributed by atoms with Crippen molar-refractivity contribution in [2.75, 3.05) is 0 Å². The van der Waals surface area contributed by atoms with E-state index in [0.717, 1.165) is 6.92 Å². The normalized spacial score (nSPS) is 50.8. The van der Waals surface area contributed by atoms with E-state index in [0.29, 0.717) is 0 Å². The Hall–Kier alpha value is -1.79. The molecule has 0 amide bonds. The molecule has 11 heteroatoms. The molecule has 4 aliphatic rings. The molecule has 12 atom stereocenters. The van der Waals surface area contributed by atoms with Gasteiger partial charge in [-0.3, -0.25) is 14.4 Å². The summed E-state index contributed by atoms with van der Waals surface area (Å²) >= 11 is 0. The Balaban J connectivity index is 2.13. The molecule has 1 spiro atoms. The predicted octanol–water partition coefficient (Wildman–Crippen LogP) is 0.212. The van der Waals surface area contributed by atoms with Crippen molar-refractivity contribution in [3.8, 4) is 0 Å². The van der Waals surface area contributed by atoms with E-state index >= 15 is 0 Å². The van der Waals surface area contributed by atoms with Crippen LogP contribution in [-0.2, 0) is 28.6 Å². The molecular formula is C27H42O11. The molecule has 11 nitrogen and oxygen atoms in total. The van der Waals surface area contributed by atoms with Crippen LogP contribution in [0.2, 0.25) is 0 Å². The summed E-state index contributed by atoms with van der Waals surface area (Å²) in [6.45, 7) is 9.85. The molecule has 0 aliphatic heterocycles. The molecule has 4 fully saturated rings. The van der Waals surface area contributed by atoms with Crippen LogP contribution < -0.4 is 0 Å². The fourth-order valence-corrected chi connectivity index (χ4v) is 8.74. The molecule has 0 aromatic heterocycles. The Kier molecular flexibility index (Phi) is 6.81. The molecule has 4 aliphatic carbocycles. The minimum Gasteiger partial charge on any atom is -0.461 e. The number of carbonyl (C=O) groups excluding carboxylic acids is 3. The van der Waals surface area contributed by atoms with Gasteiger partial charge in [-0.25, -0.2) is 0 Å². The van der Waals surface area contributed by atoms with Crippen molar-refractivity contribution in [2.45, 2.75) is 121 Å². The largest absolute Gasteiger partial charge is 0.461 e. The van der Waals surface area contributed by atoms with E-state index in [1.807, 2.05) is 0 Å². The third-order valence-corrected chi connectivity index (χ3v) is 10.6. The molecule has 5 N–H and O–H groups in total. The Morgan fingerprint density at radius 1 is 0.789 bits per heavy atom. The van der Waals surface area contributed by atoms with Crippen LogP contribution in [0.15, 0.2) is 0 Å². The van der Waals surface area contributed by atoms with Crippen molar-refractivity contribution < 1.29 is 54.1 Å². The molecule has 38 heavy (non-hydrogen) atoms. The first-order chi connectivity index (χ1) is 17.3. The fraction of sp³-hybridized carbons (Fsp3) is 0.889. The number of fused-ring (bicyclic) bond motifs is 2. The lowest BCUT2D eigenvalue weighted by molar-refractivity contribution is -0.254. The van der Waals surface area contributed by atoms with Crippen molar-refractivity contribution in [1.82, 2.24) is 0 Å². The van der Waals surface area contributed by atoms with E-state index < -0.39 is 93.8 Å². The highest BCUT2D eigenvalue weighted by Crippen LogP contribution is 2.71. The highest BCUT2D eigenvalue weighted by atomic mass is 16.6. The van der Waals surface area contributed by atoms with Gasteiger partial charge < -0.3 is 39.7 Å². The molecule has 4 rings (SSSR count). The number of aliphatic hydroxyl groups excluding tert-OH is 2. The summed E-state index contributed by atoms with van der Waals surface area (Å²) in [6, 6.07) is 0. The highest BCUT2D eigenvalue weighted by molar-refractivity contribution is 5.70. The first-order valence-corrected chi connectivity index (χ1v) is 13.4. The zero-order chi connectivity index (χ0) is 28.8. The van der Waals surface area contributed by atoms with E-state index in [1.165, 1.54) is 20.8 Å². The highest BCUT2D eigenvalue weighted by Gasteiger charge is 2.84. The molecule has 216 valence electrons. The van der Waals surface area contributed by atoms with Gasteiger partial charge in [0.05, 0.1) is 28.8 Å². The number of aliphatic hydroxyl groups is 5. The first kappa shape index (κ1) is 29.2. The minimum atomic E-state index is -2.16. The SMILES string of the molecule is CCC(=O)O[C@@H]1[C@@H](OC(C)=O)[C@@]2(O)[C@@H](C[C@H](O)C2(C)C)[C@](C)(O)[C@@H]2CC[C@@H]3[C@@H](OC(C)=O)[C@]12[C@@H](O)[C@@]3(C)O. The van der Waals surface area contributed by atoms with Gasteiger partial charge in [0.15, 0.2) is 12.2 Å².